The minimum Gasteiger partial charge on any atom is -0.468 e. The van der Waals surface area contributed by atoms with Crippen LogP contribution in [0, 0.1) is 5.82 Å². The van der Waals surface area contributed by atoms with Crippen molar-refractivity contribution in [3.8, 4) is 5.75 Å². The highest BCUT2D eigenvalue weighted by atomic mass is 19.1. The third kappa shape index (κ3) is 6.57. The second-order valence-corrected chi connectivity index (χ2v) is 7.92. The van der Waals surface area contributed by atoms with Crippen LogP contribution in [-0.2, 0) is 27.4 Å². The number of nitrogens with zero attached hydrogens (tertiary/aromatic N) is 1. The highest BCUT2D eigenvalue weighted by Gasteiger charge is 2.40. The summed E-state index contributed by atoms with van der Waals surface area (Å²) in [5.41, 5.74) is 3.92. The van der Waals surface area contributed by atoms with E-state index in [0.29, 0.717) is 11.3 Å². The second-order valence-electron chi connectivity index (χ2n) is 7.92. The van der Waals surface area contributed by atoms with Gasteiger partial charge < -0.3 is 14.8 Å². The number of alkyl carbamates (subject to hydrolysis) is 1. The minimum absolute atomic E-state index is 0.0230. The molecule has 3 aromatic rings. The number of hydrazine groups is 1. The van der Waals surface area contributed by atoms with Gasteiger partial charge in [0.2, 0.25) is 12.1 Å². The number of hydrogen-bond donors (Lipinski definition) is 2. The number of para-hydroxylation sites is 1. The number of benzene rings is 3. The van der Waals surface area contributed by atoms with Crippen LogP contribution in [0.4, 0.5) is 9.18 Å². The highest BCUT2D eigenvalue weighted by Crippen LogP contribution is 2.22. The van der Waals surface area contributed by atoms with Crippen molar-refractivity contribution in [2.24, 2.45) is 0 Å². The molecule has 3 amide bonds. The summed E-state index contributed by atoms with van der Waals surface area (Å²) in [4.78, 5) is 37.6. The monoisotopic (exact) mass is 477 g/mol. The van der Waals surface area contributed by atoms with E-state index in [1.165, 1.54) is 24.3 Å². The van der Waals surface area contributed by atoms with Gasteiger partial charge in [-0.05, 0) is 35.4 Å². The van der Waals surface area contributed by atoms with Crippen LogP contribution in [0.2, 0.25) is 0 Å². The number of nitrogens with one attached hydrogen (secondary N) is 2. The van der Waals surface area contributed by atoms with E-state index >= 15 is 0 Å². The molecule has 35 heavy (non-hydrogen) atoms. The van der Waals surface area contributed by atoms with E-state index in [-0.39, 0.29) is 25.4 Å². The van der Waals surface area contributed by atoms with Crippen LogP contribution in [0.3, 0.4) is 0 Å². The number of ether oxygens (including phenoxy) is 2. The Hall–Kier alpha value is -4.40. The Morgan fingerprint density at radius 1 is 0.943 bits per heavy atom. The lowest BCUT2D eigenvalue weighted by molar-refractivity contribution is -0.173. The van der Waals surface area contributed by atoms with E-state index in [0.717, 1.165) is 10.6 Å². The fraction of sp³-hybridized carbons (Fsp3) is 0.192. The van der Waals surface area contributed by atoms with Gasteiger partial charge in [-0.3, -0.25) is 15.0 Å². The second kappa shape index (κ2) is 11.1. The molecule has 0 radical (unpaired) electrons. The van der Waals surface area contributed by atoms with Crippen LogP contribution in [-0.4, -0.2) is 35.2 Å². The van der Waals surface area contributed by atoms with E-state index in [2.05, 4.69) is 10.7 Å². The molecule has 0 saturated carbocycles. The number of halogens is 1. The smallest absolute Gasteiger partial charge is 0.408 e. The van der Waals surface area contributed by atoms with E-state index in [1.807, 2.05) is 24.3 Å². The molecule has 0 spiro atoms. The predicted molar refractivity (Wildman–Crippen MR) is 124 cm³/mol. The molecule has 180 valence electrons. The van der Waals surface area contributed by atoms with Gasteiger partial charge in [-0.25, -0.2) is 14.2 Å². The summed E-state index contributed by atoms with van der Waals surface area (Å²) in [5.74, 6) is -0.834. The van der Waals surface area contributed by atoms with Crippen LogP contribution in [0.1, 0.15) is 17.5 Å². The van der Waals surface area contributed by atoms with E-state index < -0.39 is 30.1 Å². The Bertz CT molecular complexity index is 1160. The zero-order chi connectivity index (χ0) is 24.6. The highest BCUT2D eigenvalue weighted by molar-refractivity contribution is 5.90. The first kappa shape index (κ1) is 23.7. The first-order chi connectivity index (χ1) is 17.0. The first-order valence-electron chi connectivity index (χ1n) is 11.0. The molecule has 0 aliphatic carbocycles. The molecule has 9 heteroatoms. The Morgan fingerprint density at radius 2 is 1.60 bits per heavy atom. The third-order valence-corrected chi connectivity index (χ3v) is 5.33. The maximum atomic E-state index is 13.3. The molecule has 3 aromatic carbocycles. The molecule has 0 bridgehead atoms. The van der Waals surface area contributed by atoms with Crippen LogP contribution < -0.4 is 15.5 Å². The topological polar surface area (TPSA) is 97.0 Å². The molecule has 1 unspecified atom stereocenters. The Labute approximate surface area is 201 Å². The summed E-state index contributed by atoms with van der Waals surface area (Å²) >= 11 is 0. The standard InChI is InChI=1S/C26H24FN3O5/c27-20-13-11-18(12-14-20)15-22(28-26(33)34-17-19-7-3-1-4-8-19)25(32)29-30-23(31)16-24(30)35-21-9-5-2-6-10-21/h1-14,22,24H,15-17H2,(H,28,33)(H,29,32)/t22-,24?/m0/s1. The van der Waals surface area contributed by atoms with Crippen molar-refractivity contribution < 1.29 is 28.2 Å². The van der Waals surface area contributed by atoms with Crippen molar-refractivity contribution in [2.45, 2.75) is 31.7 Å². The molecule has 1 aliphatic heterocycles. The summed E-state index contributed by atoms with van der Waals surface area (Å²) in [5, 5.41) is 3.62. The average molecular weight is 477 g/mol. The van der Waals surface area contributed by atoms with Crippen LogP contribution >= 0.6 is 0 Å². The Balaban J connectivity index is 1.41. The van der Waals surface area contributed by atoms with Gasteiger partial charge >= 0.3 is 6.09 Å². The molecule has 1 saturated heterocycles. The van der Waals surface area contributed by atoms with Crippen LogP contribution in [0.15, 0.2) is 84.9 Å². The zero-order valence-electron chi connectivity index (χ0n) is 18.7. The van der Waals surface area contributed by atoms with Gasteiger partial charge in [0.1, 0.15) is 24.2 Å². The molecular formula is C26H24FN3O5. The molecule has 2 N–H and O–H groups in total. The van der Waals surface area contributed by atoms with E-state index in [4.69, 9.17) is 9.47 Å². The lowest BCUT2D eigenvalue weighted by Gasteiger charge is -2.40. The quantitative estimate of drug-likeness (QED) is 0.461. The number of hydrogen-bond acceptors (Lipinski definition) is 5. The third-order valence-electron chi connectivity index (χ3n) is 5.33. The zero-order valence-corrected chi connectivity index (χ0v) is 18.7. The average Bonchev–Trinajstić information content (AvgIpc) is 2.88. The van der Waals surface area contributed by atoms with Crippen molar-refractivity contribution in [1.29, 1.82) is 0 Å². The maximum Gasteiger partial charge on any atom is 0.408 e. The van der Waals surface area contributed by atoms with Gasteiger partial charge in [0.05, 0.1) is 6.42 Å². The minimum atomic E-state index is -1.09. The van der Waals surface area contributed by atoms with E-state index in [9.17, 15) is 18.8 Å². The molecule has 1 fully saturated rings. The lowest BCUT2D eigenvalue weighted by Crippen LogP contribution is -2.65. The van der Waals surface area contributed by atoms with Crippen molar-refractivity contribution in [1.82, 2.24) is 15.8 Å². The van der Waals surface area contributed by atoms with Gasteiger partial charge in [0, 0.05) is 6.42 Å². The summed E-state index contributed by atoms with van der Waals surface area (Å²) in [6.45, 7) is 0.0230. The number of β-lactam (4-membered cyclic amide) rings is 1. The summed E-state index contributed by atoms with van der Waals surface area (Å²) in [6, 6.07) is 22.5. The van der Waals surface area contributed by atoms with Crippen molar-refractivity contribution in [3.63, 3.8) is 0 Å². The van der Waals surface area contributed by atoms with Gasteiger partial charge in [-0.2, -0.15) is 0 Å². The molecule has 0 aromatic heterocycles. The Morgan fingerprint density at radius 3 is 2.26 bits per heavy atom. The molecule has 1 heterocycles. The van der Waals surface area contributed by atoms with Gasteiger partial charge in [-0.15, -0.1) is 0 Å². The first-order valence-corrected chi connectivity index (χ1v) is 11.0. The molecule has 8 nitrogen and oxygen atoms in total. The van der Waals surface area contributed by atoms with Gasteiger partial charge in [0.25, 0.3) is 5.91 Å². The largest absolute Gasteiger partial charge is 0.468 e. The van der Waals surface area contributed by atoms with Gasteiger partial charge in [-0.1, -0.05) is 60.7 Å². The number of carbonyl (C=O) groups is 3. The van der Waals surface area contributed by atoms with Crippen LogP contribution in [0.5, 0.6) is 5.75 Å². The van der Waals surface area contributed by atoms with Crippen LogP contribution in [0.25, 0.3) is 0 Å². The number of amides is 3. The van der Waals surface area contributed by atoms with Gasteiger partial charge in [0.15, 0.2) is 0 Å². The Kier molecular flexibility index (Phi) is 7.57. The fourth-order valence-electron chi connectivity index (χ4n) is 3.44. The predicted octanol–water partition coefficient (Wildman–Crippen LogP) is 3.33. The summed E-state index contributed by atoms with van der Waals surface area (Å²) in [6.07, 6.45) is -1.32. The normalized spacial score (nSPS) is 15.5. The molecule has 1 aliphatic rings. The number of rotatable bonds is 9. The van der Waals surface area contributed by atoms with Crippen molar-refractivity contribution in [2.75, 3.05) is 0 Å². The molecular weight excluding hydrogens is 453 g/mol. The molecule has 4 rings (SSSR count). The summed E-state index contributed by atoms with van der Waals surface area (Å²) in [7, 11) is 0. The van der Waals surface area contributed by atoms with Crippen molar-refractivity contribution >= 4 is 17.9 Å². The number of carbonyl (C=O) groups excluding carboxylic acids is 3. The molecule has 2 atom stereocenters. The van der Waals surface area contributed by atoms with E-state index in [1.54, 1.807) is 36.4 Å². The lowest BCUT2D eigenvalue weighted by atomic mass is 10.1. The SMILES string of the molecule is O=C(N[C@@H](Cc1ccc(F)cc1)C(=O)NN1C(=O)CC1Oc1ccccc1)OCc1ccccc1. The summed E-state index contributed by atoms with van der Waals surface area (Å²) < 4.78 is 24.3. The van der Waals surface area contributed by atoms with Crippen molar-refractivity contribution in [3.05, 3.63) is 102 Å². The fourth-order valence-corrected chi connectivity index (χ4v) is 3.44. The maximum absolute atomic E-state index is 13.3.